The number of piperidine rings is 1. The molecule has 6 nitrogen and oxygen atoms in total. The zero-order valence-corrected chi connectivity index (χ0v) is 17.2. The fourth-order valence-electron chi connectivity index (χ4n) is 3.36. The number of nitrogens with one attached hydrogen (secondary N) is 1. The average Bonchev–Trinajstić information content (AvgIpc) is 2.73. The van der Waals surface area contributed by atoms with E-state index in [1.807, 2.05) is 30.3 Å². The van der Waals surface area contributed by atoms with Gasteiger partial charge in [0.2, 0.25) is 15.9 Å². The van der Waals surface area contributed by atoms with Crippen LogP contribution in [-0.2, 0) is 21.4 Å². The van der Waals surface area contributed by atoms with Crippen LogP contribution in [0.15, 0.2) is 53.6 Å². The Bertz CT molecular complexity index is 888. The van der Waals surface area contributed by atoms with Gasteiger partial charge in [-0.25, -0.2) is 8.42 Å². The molecule has 3 rings (SSSR count). The number of benzene rings is 1. The van der Waals surface area contributed by atoms with Gasteiger partial charge in [-0.15, -0.1) is 0 Å². The van der Waals surface area contributed by atoms with Crippen molar-refractivity contribution >= 4 is 15.9 Å². The molecule has 28 heavy (non-hydrogen) atoms. The number of aromatic nitrogens is 1. The van der Waals surface area contributed by atoms with Gasteiger partial charge in [-0.3, -0.25) is 9.78 Å². The molecule has 0 radical (unpaired) electrons. The number of carbonyl (C=O) groups excluding carboxylic acids is 1. The predicted molar refractivity (Wildman–Crippen MR) is 108 cm³/mol. The Morgan fingerprint density at radius 1 is 1.14 bits per heavy atom. The highest BCUT2D eigenvalue weighted by Gasteiger charge is 2.32. The zero-order valence-electron chi connectivity index (χ0n) is 16.3. The van der Waals surface area contributed by atoms with Crippen LogP contribution in [0.4, 0.5) is 0 Å². The van der Waals surface area contributed by atoms with Crippen molar-refractivity contribution < 1.29 is 13.2 Å². The second-order valence-electron chi connectivity index (χ2n) is 7.44. The van der Waals surface area contributed by atoms with E-state index >= 15 is 0 Å². The van der Waals surface area contributed by atoms with E-state index in [9.17, 15) is 13.2 Å². The van der Waals surface area contributed by atoms with Crippen LogP contribution in [0.25, 0.3) is 0 Å². The summed E-state index contributed by atoms with van der Waals surface area (Å²) in [6.45, 7) is 5.26. The van der Waals surface area contributed by atoms with Crippen molar-refractivity contribution in [3.63, 3.8) is 0 Å². The molecule has 0 unspecified atom stereocenters. The lowest BCUT2D eigenvalue weighted by molar-refractivity contribution is -0.126. The van der Waals surface area contributed by atoms with E-state index in [4.69, 9.17) is 0 Å². The van der Waals surface area contributed by atoms with Crippen LogP contribution in [0.1, 0.15) is 43.9 Å². The molecule has 0 aliphatic carbocycles. The number of pyridine rings is 1. The second-order valence-corrected chi connectivity index (χ2v) is 9.38. The van der Waals surface area contributed by atoms with Gasteiger partial charge >= 0.3 is 0 Å². The summed E-state index contributed by atoms with van der Waals surface area (Å²) in [5.74, 6) is 0.152. The molecule has 0 bridgehead atoms. The van der Waals surface area contributed by atoms with Gasteiger partial charge in [0.1, 0.15) is 0 Å². The second kappa shape index (κ2) is 8.84. The molecule has 1 aromatic heterocycles. The first kappa shape index (κ1) is 20.5. The van der Waals surface area contributed by atoms with E-state index in [1.165, 1.54) is 4.31 Å². The number of amides is 1. The van der Waals surface area contributed by atoms with Gasteiger partial charge in [-0.1, -0.05) is 32.0 Å². The summed E-state index contributed by atoms with van der Waals surface area (Å²) in [6.07, 6.45) is 2.74. The number of hydrogen-bond acceptors (Lipinski definition) is 4. The monoisotopic (exact) mass is 401 g/mol. The smallest absolute Gasteiger partial charge is 0.243 e. The van der Waals surface area contributed by atoms with Crippen molar-refractivity contribution in [1.29, 1.82) is 0 Å². The van der Waals surface area contributed by atoms with E-state index in [2.05, 4.69) is 24.1 Å². The third-order valence-electron chi connectivity index (χ3n) is 5.18. The number of hydrogen-bond donors (Lipinski definition) is 1. The third-order valence-corrected chi connectivity index (χ3v) is 7.09. The van der Waals surface area contributed by atoms with E-state index in [0.29, 0.717) is 43.3 Å². The van der Waals surface area contributed by atoms with Gasteiger partial charge < -0.3 is 5.32 Å². The molecule has 1 fully saturated rings. The Morgan fingerprint density at radius 2 is 1.82 bits per heavy atom. The van der Waals surface area contributed by atoms with Crippen LogP contribution in [0, 0.1) is 5.92 Å². The summed E-state index contributed by atoms with van der Waals surface area (Å²) >= 11 is 0. The summed E-state index contributed by atoms with van der Waals surface area (Å²) in [4.78, 5) is 16.9. The van der Waals surface area contributed by atoms with E-state index in [0.717, 1.165) is 11.3 Å². The highest BCUT2D eigenvalue weighted by molar-refractivity contribution is 7.89. The molecule has 2 heterocycles. The van der Waals surface area contributed by atoms with Crippen molar-refractivity contribution in [2.75, 3.05) is 13.1 Å². The Hall–Kier alpha value is -2.25. The highest BCUT2D eigenvalue weighted by atomic mass is 32.2. The molecule has 1 aromatic carbocycles. The summed E-state index contributed by atoms with van der Waals surface area (Å²) in [5.41, 5.74) is 1.92. The normalized spacial score (nSPS) is 16.2. The minimum absolute atomic E-state index is 0.0380. The molecule has 1 amide bonds. The maximum absolute atomic E-state index is 12.9. The van der Waals surface area contributed by atoms with Gasteiger partial charge in [-0.05, 0) is 48.6 Å². The number of nitrogens with zero attached hydrogens (tertiary/aromatic N) is 2. The van der Waals surface area contributed by atoms with Crippen LogP contribution in [0.2, 0.25) is 0 Å². The molecule has 1 aliphatic rings. The Kier molecular flexibility index (Phi) is 6.46. The zero-order chi connectivity index (χ0) is 20.1. The van der Waals surface area contributed by atoms with Crippen molar-refractivity contribution in [3.8, 4) is 0 Å². The van der Waals surface area contributed by atoms with E-state index in [1.54, 1.807) is 18.3 Å². The third kappa shape index (κ3) is 4.77. The lowest BCUT2D eigenvalue weighted by Crippen LogP contribution is -2.42. The maximum atomic E-state index is 12.9. The highest BCUT2D eigenvalue weighted by Crippen LogP contribution is 2.25. The summed E-state index contributed by atoms with van der Waals surface area (Å²) < 4.78 is 27.2. The number of rotatable bonds is 6. The predicted octanol–water partition coefficient (Wildman–Crippen LogP) is 2.92. The number of carbonyl (C=O) groups is 1. The summed E-state index contributed by atoms with van der Waals surface area (Å²) in [7, 11) is -3.52. The van der Waals surface area contributed by atoms with Crippen molar-refractivity contribution in [2.45, 2.75) is 44.0 Å². The van der Waals surface area contributed by atoms with Crippen molar-refractivity contribution in [1.82, 2.24) is 14.6 Å². The summed E-state index contributed by atoms with van der Waals surface area (Å²) in [5, 5.41) is 2.90. The number of sulfonamides is 1. The van der Waals surface area contributed by atoms with Crippen LogP contribution >= 0.6 is 0 Å². The first-order valence-corrected chi connectivity index (χ1v) is 11.1. The average molecular weight is 402 g/mol. The molecule has 7 heteroatoms. The van der Waals surface area contributed by atoms with Crippen LogP contribution < -0.4 is 5.32 Å². The molecule has 1 aliphatic heterocycles. The molecule has 0 saturated carbocycles. The van der Waals surface area contributed by atoms with Gasteiger partial charge in [-0.2, -0.15) is 4.31 Å². The Balaban J connectivity index is 1.55. The Morgan fingerprint density at radius 3 is 2.39 bits per heavy atom. The molecular formula is C21H27N3O3S. The largest absolute Gasteiger partial charge is 0.350 e. The topological polar surface area (TPSA) is 79.4 Å². The standard InChI is InChI=1S/C21H27N3O3S/c1-16(2)17-6-8-20(9-7-17)28(26,27)24-13-10-18(11-14-24)21(25)23-15-19-5-3-4-12-22-19/h3-9,12,16,18H,10-11,13-15H2,1-2H3,(H,23,25). The van der Waals surface area contributed by atoms with Crippen LogP contribution in [-0.4, -0.2) is 36.7 Å². The van der Waals surface area contributed by atoms with E-state index < -0.39 is 10.0 Å². The summed E-state index contributed by atoms with van der Waals surface area (Å²) in [6, 6.07) is 12.7. The fourth-order valence-corrected chi connectivity index (χ4v) is 4.83. The maximum Gasteiger partial charge on any atom is 0.243 e. The van der Waals surface area contributed by atoms with Crippen LogP contribution in [0.5, 0.6) is 0 Å². The SMILES string of the molecule is CC(C)c1ccc(S(=O)(=O)N2CCC(C(=O)NCc3ccccn3)CC2)cc1. The Labute approximate surface area is 167 Å². The molecule has 0 spiro atoms. The van der Waals surface area contributed by atoms with Crippen molar-refractivity contribution in [2.24, 2.45) is 5.92 Å². The van der Waals surface area contributed by atoms with Gasteiger partial charge in [0, 0.05) is 25.2 Å². The first-order valence-electron chi connectivity index (χ1n) is 9.65. The van der Waals surface area contributed by atoms with Gasteiger partial charge in [0.25, 0.3) is 0 Å². The molecule has 150 valence electrons. The fraction of sp³-hybridized carbons (Fsp3) is 0.429. The lowest BCUT2D eigenvalue weighted by atomic mass is 9.97. The minimum Gasteiger partial charge on any atom is -0.350 e. The van der Waals surface area contributed by atoms with Gasteiger partial charge in [0.15, 0.2) is 0 Å². The minimum atomic E-state index is -3.52. The quantitative estimate of drug-likeness (QED) is 0.807. The lowest BCUT2D eigenvalue weighted by Gasteiger charge is -2.30. The van der Waals surface area contributed by atoms with Crippen molar-refractivity contribution in [3.05, 3.63) is 59.9 Å². The van der Waals surface area contributed by atoms with Crippen LogP contribution in [0.3, 0.4) is 0 Å². The first-order chi connectivity index (χ1) is 13.4. The van der Waals surface area contributed by atoms with E-state index in [-0.39, 0.29) is 11.8 Å². The molecule has 2 aromatic rings. The molecule has 1 N–H and O–H groups in total. The molecule has 1 saturated heterocycles. The molecule has 0 atom stereocenters. The van der Waals surface area contributed by atoms with Gasteiger partial charge in [0.05, 0.1) is 17.1 Å². The molecular weight excluding hydrogens is 374 g/mol.